The molecule has 0 aromatic heterocycles. The van der Waals surface area contributed by atoms with Crippen molar-refractivity contribution >= 4 is 11.9 Å². The third-order valence-electron chi connectivity index (χ3n) is 3.09. The fourth-order valence-electron chi connectivity index (χ4n) is 1.93. The lowest BCUT2D eigenvalue weighted by Crippen LogP contribution is -2.38. The maximum Gasteiger partial charge on any atom is 0.323 e. The number of rotatable bonds is 5. The van der Waals surface area contributed by atoms with Crippen molar-refractivity contribution in [1.29, 1.82) is 0 Å². The lowest BCUT2D eigenvalue weighted by Gasteiger charge is -2.20. The van der Waals surface area contributed by atoms with Crippen molar-refractivity contribution in [2.75, 3.05) is 6.54 Å². The van der Waals surface area contributed by atoms with E-state index in [1.807, 2.05) is 31.2 Å². The van der Waals surface area contributed by atoms with Gasteiger partial charge in [-0.15, -0.1) is 0 Å². The molecule has 1 fully saturated rings. The predicted octanol–water partition coefficient (Wildman–Crippen LogP) is 1.61. The summed E-state index contributed by atoms with van der Waals surface area (Å²) in [5.74, 6) is -1.04. The minimum absolute atomic E-state index is 0.0937. The molecule has 18 heavy (non-hydrogen) atoms. The van der Waals surface area contributed by atoms with Gasteiger partial charge in [0.2, 0.25) is 5.91 Å². The van der Waals surface area contributed by atoms with Gasteiger partial charge in [-0.05, 0) is 25.3 Å². The van der Waals surface area contributed by atoms with Crippen LogP contribution in [0.5, 0.6) is 0 Å². The Hall–Kier alpha value is -1.84. The van der Waals surface area contributed by atoms with E-state index in [2.05, 4.69) is 0 Å². The number of carboxylic acids is 1. The average molecular weight is 247 g/mol. The second-order valence-corrected chi connectivity index (χ2v) is 4.81. The largest absolute Gasteiger partial charge is 0.480 e. The van der Waals surface area contributed by atoms with Gasteiger partial charge in [0.15, 0.2) is 0 Å². The Morgan fingerprint density at radius 1 is 1.28 bits per heavy atom. The average Bonchev–Trinajstić information content (AvgIpc) is 3.12. The first-order valence-electron chi connectivity index (χ1n) is 6.13. The van der Waals surface area contributed by atoms with Crippen LogP contribution >= 0.6 is 0 Å². The molecule has 2 rings (SSSR count). The van der Waals surface area contributed by atoms with Crippen molar-refractivity contribution in [3.05, 3.63) is 35.4 Å². The number of carbonyl (C=O) groups is 2. The second kappa shape index (κ2) is 5.21. The van der Waals surface area contributed by atoms with Gasteiger partial charge < -0.3 is 10.0 Å². The zero-order chi connectivity index (χ0) is 13.1. The van der Waals surface area contributed by atoms with Crippen LogP contribution in [0.3, 0.4) is 0 Å². The summed E-state index contributed by atoms with van der Waals surface area (Å²) >= 11 is 0. The highest BCUT2D eigenvalue weighted by Crippen LogP contribution is 2.27. The van der Waals surface area contributed by atoms with Gasteiger partial charge in [-0.1, -0.05) is 29.8 Å². The van der Waals surface area contributed by atoms with Crippen LogP contribution in [0.2, 0.25) is 0 Å². The van der Waals surface area contributed by atoms with E-state index in [-0.39, 0.29) is 24.9 Å². The van der Waals surface area contributed by atoms with Crippen LogP contribution in [0.4, 0.5) is 0 Å². The van der Waals surface area contributed by atoms with Crippen molar-refractivity contribution in [2.24, 2.45) is 0 Å². The summed E-state index contributed by atoms with van der Waals surface area (Å²) in [5, 5.41) is 8.82. The smallest absolute Gasteiger partial charge is 0.323 e. The molecule has 1 aromatic carbocycles. The summed E-state index contributed by atoms with van der Waals surface area (Å²) in [6, 6.07) is 7.89. The van der Waals surface area contributed by atoms with E-state index in [4.69, 9.17) is 5.11 Å². The minimum atomic E-state index is -0.945. The lowest BCUT2D eigenvalue weighted by atomic mass is 10.1. The number of aryl methyl sites for hydroxylation is 1. The van der Waals surface area contributed by atoms with E-state index in [1.165, 1.54) is 4.90 Å². The molecule has 0 saturated heterocycles. The monoisotopic (exact) mass is 247 g/mol. The SMILES string of the molecule is Cc1ccc(CC(=O)N(CC(=O)O)C2CC2)cc1. The number of amides is 1. The van der Waals surface area contributed by atoms with E-state index < -0.39 is 5.97 Å². The Labute approximate surface area is 106 Å². The molecule has 0 radical (unpaired) electrons. The molecule has 0 aliphatic heterocycles. The van der Waals surface area contributed by atoms with Gasteiger partial charge in [0.1, 0.15) is 6.54 Å². The van der Waals surface area contributed by atoms with Gasteiger partial charge in [0, 0.05) is 6.04 Å². The molecule has 96 valence electrons. The van der Waals surface area contributed by atoms with Crippen molar-refractivity contribution in [3.63, 3.8) is 0 Å². The summed E-state index contributed by atoms with van der Waals surface area (Å²) in [4.78, 5) is 24.3. The fourth-order valence-corrected chi connectivity index (χ4v) is 1.93. The Bertz CT molecular complexity index is 449. The summed E-state index contributed by atoms with van der Waals surface area (Å²) in [6.45, 7) is 1.81. The molecule has 4 heteroatoms. The third-order valence-corrected chi connectivity index (χ3v) is 3.09. The Morgan fingerprint density at radius 2 is 1.89 bits per heavy atom. The maximum atomic E-state index is 12.1. The molecule has 0 heterocycles. The molecule has 1 saturated carbocycles. The fraction of sp³-hybridized carbons (Fsp3) is 0.429. The Morgan fingerprint density at radius 3 is 2.39 bits per heavy atom. The Balaban J connectivity index is 2.00. The van der Waals surface area contributed by atoms with E-state index in [0.29, 0.717) is 0 Å². The minimum Gasteiger partial charge on any atom is -0.480 e. The molecule has 1 amide bonds. The Kier molecular flexibility index (Phi) is 3.65. The molecule has 0 unspecified atom stereocenters. The van der Waals surface area contributed by atoms with E-state index in [0.717, 1.165) is 24.0 Å². The van der Waals surface area contributed by atoms with E-state index in [9.17, 15) is 9.59 Å². The quantitative estimate of drug-likeness (QED) is 0.860. The number of aliphatic carboxylic acids is 1. The summed E-state index contributed by atoms with van der Waals surface area (Å²) in [7, 11) is 0. The highest BCUT2D eigenvalue weighted by Gasteiger charge is 2.33. The number of nitrogens with zero attached hydrogens (tertiary/aromatic N) is 1. The molecular formula is C14H17NO3. The van der Waals surface area contributed by atoms with E-state index in [1.54, 1.807) is 0 Å². The van der Waals surface area contributed by atoms with Gasteiger partial charge in [0.05, 0.1) is 6.42 Å². The van der Waals surface area contributed by atoms with Crippen molar-refractivity contribution in [3.8, 4) is 0 Å². The number of carboxylic acid groups (broad SMARTS) is 1. The number of hydrogen-bond acceptors (Lipinski definition) is 2. The number of benzene rings is 1. The molecule has 1 aliphatic rings. The first kappa shape index (κ1) is 12.6. The molecule has 1 N–H and O–H groups in total. The topological polar surface area (TPSA) is 57.6 Å². The lowest BCUT2D eigenvalue weighted by molar-refractivity contribution is -0.144. The van der Waals surface area contributed by atoms with Crippen molar-refractivity contribution in [2.45, 2.75) is 32.2 Å². The first-order valence-corrected chi connectivity index (χ1v) is 6.13. The number of hydrogen-bond donors (Lipinski definition) is 1. The first-order chi connectivity index (χ1) is 8.56. The maximum absolute atomic E-state index is 12.1. The van der Waals surface area contributed by atoms with Crippen LogP contribution in [0, 0.1) is 6.92 Å². The van der Waals surface area contributed by atoms with Crippen LogP contribution in [0.1, 0.15) is 24.0 Å². The van der Waals surface area contributed by atoms with E-state index >= 15 is 0 Å². The zero-order valence-electron chi connectivity index (χ0n) is 10.4. The highest BCUT2D eigenvalue weighted by molar-refractivity contribution is 5.83. The summed E-state index contributed by atoms with van der Waals surface area (Å²) in [5.41, 5.74) is 2.08. The second-order valence-electron chi connectivity index (χ2n) is 4.81. The van der Waals surface area contributed by atoms with Crippen LogP contribution < -0.4 is 0 Å². The normalized spacial score (nSPS) is 14.3. The number of carbonyl (C=O) groups excluding carboxylic acids is 1. The van der Waals surface area contributed by atoms with Crippen LogP contribution in [-0.4, -0.2) is 34.5 Å². The van der Waals surface area contributed by atoms with Crippen molar-refractivity contribution < 1.29 is 14.7 Å². The van der Waals surface area contributed by atoms with Crippen LogP contribution in [-0.2, 0) is 16.0 Å². The third kappa shape index (κ3) is 3.32. The van der Waals surface area contributed by atoms with Gasteiger partial charge in [-0.25, -0.2) is 0 Å². The van der Waals surface area contributed by atoms with Crippen molar-refractivity contribution in [1.82, 2.24) is 4.90 Å². The standard InChI is InChI=1S/C14H17NO3/c1-10-2-4-11(5-3-10)8-13(16)15(9-14(17)18)12-6-7-12/h2-5,12H,6-9H2,1H3,(H,17,18). The predicted molar refractivity (Wildman–Crippen MR) is 67.3 cm³/mol. The zero-order valence-corrected chi connectivity index (χ0v) is 10.4. The van der Waals surface area contributed by atoms with Crippen LogP contribution in [0.15, 0.2) is 24.3 Å². The van der Waals surface area contributed by atoms with Crippen LogP contribution in [0.25, 0.3) is 0 Å². The molecule has 1 aliphatic carbocycles. The molecule has 4 nitrogen and oxygen atoms in total. The molecule has 0 atom stereocenters. The molecule has 1 aromatic rings. The highest BCUT2D eigenvalue weighted by atomic mass is 16.4. The molecular weight excluding hydrogens is 230 g/mol. The van der Waals surface area contributed by atoms with Gasteiger partial charge in [0.25, 0.3) is 0 Å². The summed E-state index contributed by atoms with van der Waals surface area (Å²) in [6.07, 6.45) is 2.13. The van der Waals surface area contributed by atoms with Gasteiger partial charge in [-0.3, -0.25) is 9.59 Å². The summed E-state index contributed by atoms with van der Waals surface area (Å²) < 4.78 is 0. The van der Waals surface area contributed by atoms with Gasteiger partial charge in [-0.2, -0.15) is 0 Å². The molecule has 0 spiro atoms. The molecule has 0 bridgehead atoms. The van der Waals surface area contributed by atoms with Gasteiger partial charge >= 0.3 is 5.97 Å².